The third kappa shape index (κ3) is 6.47. The number of halogens is 1. The van der Waals surface area contributed by atoms with Gasteiger partial charge < -0.3 is 11.1 Å². The fourth-order valence-corrected chi connectivity index (χ4v) is 2.87. The van der Waals surface area contributed by atoms with Gasteiger partial charge in [0.05, 0.1) is 10.7 Å². The van der Waals surface area contributed by atoms with Gasteiger partial charge in [0.1, 0.15) is 0 Å². The summed E-state index contributed by atoms with van der Waals surface area (Å²) in [5.41, 5.74) is 9.29. The largest absolute Gasteiger partial charge is 0.370 e. The molecule has 1 heterocycles. The van der Waals surface area contributed by atoms with Crippen molar-refractivity contribution < 1.29 is 0 Å². The third-order valence-electron chi connectivity index (χ3n) is 3.35. The number of nitrogens with one attached hydrogen (secondary N) is 1. The van der Waals surface area contributed by atoms with Crippen LogP contribution in [0, 0.1) is 0 Å². The Bertz CT molecular complexity index is 620. The maximum atomic E-state index is 5.91. The maximum Gasteiger partial charge on any atom is 0.193 e. The van der Waals surface area contributed by atoms with Gasteiger partial charge in [-0.1, -0.05) is 32.9 Å². The van der Waals surface area contributed by atoms with Gasteiger partial charge in [-0.05, 0) is 24.1 Å². The first-order chi connectivity index (χ1) is 10.6. The van der Waals surface area contributed by atoms with Gasteiger partial charge in [-0.15, -0.1) is 35.3 Å². The van der Waals surface area contributed by atoms with E-state index in [-0.39, 0.29) is 24.0 Å². The van der Waals surface area contributed by atoms with E-state index in [4.69, 9.17) is 5.73 Å². The Kier molecular flexibility index (Phi) is 8.54. The molecular formula is C17H25IN4S. The summed E-state index contributed by atoms with van der Waals surface area (Å²) in [6, 6.07) is 8.24. The molecule has 1 aromatic carbocycles. The van der Waals surface area contributed by atoms with Crippen LogP contribution in [0.1, 0.15) is 43.0 Å². The van der Waals surface area contributed by atoms with Gasteiger partial charge in [0.2, 0.25) is 0 Å². The minimum absolute atomic E-state index is 0. The molecule has 0 aliphatic carbocycles. The molecule has 0 aliphatic rings. The van der Waals surface area contributed by atoms with Gasteiger partial charge in [0.25, 0.3) is 0 Å². The van der Waals surface area contributed by atoms with Gasteiger partial charge in [-0.25, -0.2) is 4.98 Å². The molecule has 0 unspecified atom stereocenters. The molecule has 2 aromatic rings. The van der Waals surface area contributed by atoms with Gasteiger partial charge in [0.15, 0.2) is 5.96 Å². The van der Waals surface area contributed by atoms with Crippen molar-refractivity contribution >= 4 is 47.0 Å². The van der Waals surface area contributed by atoms with E-state index in [0.717, 1.165) is 24.2 Å². The number of benzene rings is 1. The van der Waals surface area contributed by atoms with Crippen LogP contribution in [-0.4, -0.2) is 17.5 Å². The normalized spacial score (nSPS) is 11.4. The summed E-state index contributed by atoms with van der Waals surface area (Å²) in [5.74, 6) is 0.934. The predicted molar refractivity (Wildman–Crippen MR) is 111 cm³/mol. The van der Waals surface area contributed by atoms with Crippen LogP contribution in [0.25, 0.3) is 0 Å². The average molecular weight is 444 g/mol. The van der Waals surface area contributed by atoms with Crippen molar-refractivity contribution in [1.82, 2.24) is 4.98 Å². The van der Waals surface area contributed by atoms with Crippen LogP contribution in [0.3, 0.4) is 0 Å². The second-order valence-corrected chi connectivity index (χ2v) is 6.41. The third-order valence-corrected chi connectivity index (χ3v) is 4.54. The van der Waals surface area contributed by atoms with E-state index in [2.05, 4.69) is 53.6 Å². The number of aryl methyl sites for hydroxylation is 1. The Labute approximate surface area is 159 Å². The van der Waals surface area contributed by atoms with Crippen LogP contribution in [0.2, 0.25) is 0 Å². The summed E-state index contributed by atoms with van der Waals surface area (Å²) >= 11 is 1.72. The lowest BCUT2D eigenvalue weighted by molar-refractivity contribution is 0.831. The molecule has 0 fully saturated rings. The highest BCUT2D eigenvalue weighted by Gasteiger charge is 2.05. The van der Waals surface area contributed by atoms with E-state index in [1.807, 2.05) is 12.1 Å². The molecule has 126 valence electrons. The highest BCUT2D eigenvalue weighted by Crippen LogP contribution is 2.19. The Morgan fingerprint density at radius 2 is 2.00 bits per heavy atom. The van der Waals surface area contributed by atoms with E-state index >= 15 is 0 Å². The number of nitrogens with zero attached hydrogens (tertiary/aromatic N) is 2. The lowest BCUT2D eigenvalue weighted by Gasteiger charge is -2.06. The van der Waals surface area contributed by atoms with E-state index in [0.29, 0.717) is 18.4 Å². The Morgan fingerprint density at radius 3 is 2.57 bits per heavy atom. The smallest absolute Gasteiger partial charge is 0.193 e. The van der Waals surface area contributed by atoms with Crippen LogP contribution in [0.4, 0.5) is 5.69 Å². The number of anilines is 1. The average Bonchev–Trinajstić information content (AvgIpc) is 2.97. The Balaban J connectivity index is 0.00000264. The number of thiazole rings is 1. The highest BCUT2D eigenvalue weighted by atomic mass is 127. The number of aromatic nitrogens is 1. The van der Waals surface area contributed by atoms with Gasteiger partial charge in [-0.2, -0.15) is 0 Å². The van der Waals surface area contributed by atoms with E-state index in [9.17, 15) is 0 Å². The Hall–Kier alpha value is -1.15. The zero-order valence-electron chi connectivity index (χ0n) is 13.9. The molecule has 0 saturated carbocycles. The van der Waals surface area contributed by atoms with E-state index in [1.54, 1.807) is 11.3 Å². The molecule has 0 aliphatic heterocycles. The minimum atomic E-state index is 0. The van der Waals surface area contributed by atoms with Gasteiger partial charge in [-0.3, -0.25) is 4.99 Å². The maximum absolute atomic E-state index is 5.91. The van der Waals surface area contributed by atoms with Gasteiger partial charge >= 0.3 is 0 Å². The molecule has 0 bridgehead atoms. The monoisotopic (exact) mass is 444 g/mol. The highest BCUT2D eigenvalue weighted by molar-refractivity contribution is 14.0. The van der Waals surface area contributed by atoms with Gasteiger partial charge in [0, 0.05) is 30.0 Å². The fourth-order valence-electron chi connectivity index (χ4n) is 2.00. The summed E-state index contributed by atoms with van der Waals surface area (Å²) in [4.78, 5) is 8.96. The molecule has 0 spiro atoms. The molecule has 0 saturated heterocycles. The number of guanidine groups is 1. The number of nitrogens with two attached hydrogens (primary N) is 1. The van der Waals surface area contributed by atoms with Crippen molar-refractivity contribution in [2.45, 2.75) is 39.5 Å². The van der Waals surface area contributed by atoms with Crippen LogP contribution in [-0.2, 0) is 12.8 Å². The first-order valence-electron chi connectivity index (χ1n) is 7.68. The lowest BCUT2D eigenvalue weighted by atomic mass is 10.1. The van der Waals surface area contributed by atoms with Crippen molar-refractivity contribution in [3.63, 3.8) is 0 Å². The van der Waals surface area contributed by atoms with Crippen LogP contribution >= 0.6 is 35.3 Å². The van der Waals surface area contributed by atoms with Crippen molar-refractivity contribution in [3.8, 4) is 0 Å². The first kappa shape index (κ1) is 19.9. The lowest BCUT2D eigenvalue weighted by Crippen LogP contribution is -2.23. The molecule has 2 rings (SSSR count). The summed E-state index contributed by atoms with van der Waals surface area (Å²) in [7, 11) is 0. The van der Waals surface area contributed by atoms with Crippen LogP contribution in [0.5, 0.6) is 0 Å². The molecule has 0 atom stereocenters. The summed E-state index contributed by atoms with van der Waals surface area (Å²) in [5, 5.41) is 6.40. The van der Waals surface area contributed by atoms with Crippen molar-refractivity contribution in [3.05, 3.63) is 45.9 Å². The zero-order valence-corrected chi connectivity index (χ0v) is 17.0. The quantitative estimate of drug-likeness (QED) is 0.394. The van der Waals surface area contributed by atoms with E-state index in [1.165, 1.54) is 10.6 Å². The standard InChI is InChI=1S/C17H24N4S.HI/c1-4-13-5-7-14(8-6-13)21-17(18)19-10-9-15-11-22-16(20-15)12(2)3;/h5-8,11-12H,4,9-10H2,1-3H3,(H3,18,19,21);1H. The van der Waals surface area contributed by atoms with Crippen LogP contribution in [0.15, 0.2) is 34.6 Å². The molecule has 4 nitrogen and oxygen atoms in total. The number of aliphatic imine (C=N–C) groups is 1. The van der Waals surface area contributed by atoms with Crippen molar-refractivity contribution in [1.29, 1.82) is 0 Å². The SMILES string of the molecule is CCc1ccc(NC(N)=NCCc2csc(C(C)C)n2)cc1.I. The molecule has 0 amide bonds. The molecule has 23 heavy (non-hydrogen) atoms. The summed E-state index contributed by atoms with van der Waals surface area (Å²) in [6.07, 6.45) is 1.86. The van der Waals surface area contributed by atoms with Crippen LogP contribution < -0.4 is 11.1 Å². The fraction of sp³-hybridized carbons (Fsp3) is 0.412. The number of rotatable bonds is 6. The molecule has 6 heteroatoms. The zero-order chi connectivity index (χ0) is 15.9. The Morgan fingerprint density at radius 1 is 1.30 bits per heavy atom. The number of hydrogen-bond acceptors (Lipinski definition) is 3. The van der Waals surface area contributed by atoms with E-state index < -0.39 is 0 Å². The summed E-state index contributed by atoms with van der Waals surface area (Å²) < 4.78 is 0. The second-order valence-electron chi connectivity index (χ2n) is 5.52. The minimum Gasteiger partial charge on any atom is -0.370 e. The topological polar surface area (TPSA) is 63.3 Å². The molecule has 0 radical (unpaired) electrons. The number of hydrogen-bond donors (Lipinski definition) is 2. The second kappa shape index (κ2) is 9.87. The first-order valence-corrected chi connectivity index (χ1v) is 8.56. The molecule has 3 N–H and O–H groups in total. The summed E-state index contributed by atoms with van der Waals surface area (Å²) in [6.45, 7) is 7.10. The molecule has 1 aromatic heterocycles. The van der Waals surface area contributed by atoms with Crippen molar-refractivity contribution in [2.75, 3.05) is 11.9 Å². The van der Waals surface area contributed by atoms with Crippen molar-refractivity contribution in [2.24, 2.45) is 10.7 Å². The predicted octanol–water partition coefficient (Wildman–Crippen LogP) is 4.42. The molecular weight excluding hydrogens is 419 g/mol.